The lowest BCUT2D eigenvalue weighted by molar-refractivity contribution is 0.606. The van der Waals surface area contributed by atoms with E-state index in [2.05, 4.69) is 34.4 Å². The summed E-state index contributed by atoms with van der Waals surface area (Å²) in [6.07, 6.45) is 2.77. The topological polar surface area (TPSA) is 49.8 Å². The van der Waals surface area contributed by atoms with Crippen molar-refractivity contribution in [2.75, 3.05) is 17.2 Å². The van der Waals surface area contributed by atoms with Crippen molar-refractivity contribution < 1.29 is 0 Å². The molecule has 21 heavy (non-hydrogen) atoms. The second-order valence-electron chi connectivity index (χ2n) is 5.10. The smallest absolute Gasteiger partial charge is 0.224 e. The predicted molar refractivity (Wildman–Crippen MR) is 89.7 cm³/mol. The Bertz CT molecular complexity index is 602. The van der Waals surface area contributed by atoms with Crippen LogP contribution in [0.15, 0.2) is 30.5 Å². The van der Waals surface area contributed by atoms with Gasteiger partial charge in [0.1, 0.15) is 5.82 Å². The maximum Gasteiger partial charge on any atom is 0.224 e. The molecule has 0 aliphatic rings. The quantitative estimate of drug-likeness (QED) is 0.786. The second kappa shape index (κ2) is 7.48. The van der Waals surface area contributed by atoms with Crippen molar-refractivity contribution in [3.8, 4) is 0 Å². The van der Waals surface area contributed by atoms with Crippen molar-refractivity contribution in [3.05, 3.63) is 40.5 Å². The molecule has 0 aliphatic heterocycles. The highest BCUT2D eigenvalue weighted by Gasteiger charge is 2.06. The zero-order chi connectivity index (χ0) is 15.2. The van der Waals surface area contributed by atoms with Crippen LogP contribution in [-0.4, -0.2) is 16.5 Å². The SMILES string of the molecule is CC(C)CCNc1nccc(Nc2cccc(Cl)c2Cl)n1. The number of rotatable bonds is 6. The summed E-state index contributed by atoms with van der Waals surface area (Å²) in [5.41, 5.74) is 0.719. The minimum atomic E-state index is 0.479. The second-order valence-corrected chi connectivity index (χ2v) is 5.89. The van der Waals surface area contributed by atoms with Crippen molar-refractivity contribution in [2.24, 2.45) is 5.92 Å². The molecule has 2 N–H and O–H groups in total. The molecule has 112 valence electrons. The van der Waals surface area contributed by atoms with E-state index in [0.717, 1.165) is 18.7 Å². The van der Waals surface area contributed by atoms with Gasteiger partial charge in [0, 0.05) is 12.7 Å². The molecule has 1 aromatic carbocycles. The fourth-order valence-electron chi connectivity index (χ4n) is 1.72. The first-order chi connectivity index (χ1) is 10.1. The highest BCUT2D eigenvalue weighted by atomic mass is 35.5. The molecule has 4 nitrogen and oxygen atoms in total. The van der Waals surface area contributed by atoms with Crippen molar-refractivity contribution in [1.29, 1.82) is 0 Å². The van der Waals surface area contributed by atoms with Crippen LogP contribution in [0.5, 0.6) is 0 Å². The number of hydrogen-bond donors (Lipinski definition) is 2. The van der Waals surface area contributed by atoms with Gasteiger partial charge in [-0.1, -0.05) is 43.1 Å². The van der Waals surface area contributed by atoms with Crippen molar-refractivity contribution in [3.63, 3.8) is 0 Å². The third-order valence-electron chi connectivity index (χ3n) is 2.87. The van der Waals surface area contributed by atoms with Crippen molar-refractivity contribution in [2.45, 2.75) is 20.3 Å². The number of nitrogens with zero attached hydrogens (tertiary/aromatic N) is 2. The highest BCUT2D eigenvalue weighted by molar-refractivity contribution is 6.43. The molecule has 6 heteroatoms. The molecule has 2 aromatic rings. The van der Waals surface area contributed by atoms with E-state index in [1.165, 1.54) is 0 Å². The van der Waals surface area contributed by atoms with Gasteiger partial charge in [-0.05, 0) is 30.5 Å². The molecule has 0 bridgehead atoms. The van der Waals surface area contributed by atoms with Gasteiger partial charge in [0.05, 0.1) is 15.7 Å². The maximum absolute atomic E-state index is 6.15. The van der Waals surface area contributed by atoms with E-state index < -0.39 is 0 Å². The van der Waals surface area contributed by atoms with Gasteiger partial charge in [-0.3, -0.25) is 0 Å². The summed E-state index contributed by atoms with van der Waals surface area (Å²) in [7, 11) is 0. The summed E-state index contributed by atoms with van der Waals surface area (Å²) >= 11 is 12.1. The number of nitrogens with one attached hydrogen (secondary N) is 2. The van der Waals surface area contributed by atoms with Crippen LogP contribution in [-0.2, 0) is 0 Å². The van der Waals surface area contributed by atoms with Crippen LogP contribution >= 0.6 is 23.2 Å². The fraction of sp³-hybridized carbons (Fsp3) is 0.333. The highest BCUT2D eigenvalue weighted by Crippen LogP contribution is 2.31. The molecule has 2 rings (SSSR count). The average Bonchev–Trinajstić information content (AvgIpc) is 2.44. The van der Waals surface area contributed by atoms with E-state index in [1.54, 1.807) is 18.3 Å². The first kappa shape index (κ1) is 15.9. The maximum atomic E-state index is 6.15. The van der Waals surface area contributed by atoms with Crippen LogP contribution in [0.2, 0.25) is 10.0 Å². The summed E-state index contributed by atoms with van der Waals surface area (Å²) in [5, 5.41) is 7.34. The lowest BCUT2D eigenvalue weighted by atomic mass is 10.1. The Morgan fingerprint density at radius 2 is 2.00 bits per heavy atom. The van der Waals surface area contributed by atoms with Gasteiger partial charge >= 0.3 is 0 Å². The predicted octanol–water partition coefficient (Wildman–Crippen LogP) is 4.99. The van der Waals surface area contributed by atoms with Crippen molar-refractivity contribution in [1.82, 2.24) is 9.97 Å². The van der Waals surface area contributed by atoms with Gasteiger partial charge in [0.15, 0.2) is 0 Å². The largest absolute Gasteiger partial charge is 0.354 e. The van der Waals surface area contributed by atoms with Crippen LogP contribution in [0, 0.1) is 5.92 Å². The molecule has 0 fully saturated rings. The van der Waals surface area contributed by atoms with Crippen molar-refractivity contribution >= 4 is 40.7 Å². The molecule has 0 radical (unpaired) electrons. The third kappa shape index (κ3) is 4.76. The molecule has 0 amide bonds. The number of halogens is 2. The molecule has 0 atom stereocenters. The lowest BCUT2D eigenvalue weighted by Crippen LogP contribution is -2.08. The van der Waals surface area contributed by atoms with Crippen LogP contribution < -0.4 is 10.6 Å². The van der Waals surface area contributed by atoms with Gasteiger partial charge in [-0.25, -0.2) is 4.98 Å². The normalized spacial score (nSPS) is 10.7. The fourth-order valence-corrected chi connectivity index (χ4v) is 2.07. The molecule has 0 unspecified atom stereocenters. The Morgan fingerprint density at radius 3 is 2.76 bits per heavy atom. The number of benzene rings is 1. The van der Waals surface area contributed by atoms with Gasteiger partial charge < -0.3 is 10.6 Å². The summed E-state index contributed by atoms with van der Waals surface area (Å²) in [6, 6.07) is 7.21. The van der Waals surface area contributed by atoms with Gasteiger partial charge in [0.25, 0.3) is 0 Å². The summed E-state index contributed by atoms with van der Waals surface area (Å²) in [4.78, 5) is 8.60. The third-order valence-corrected chi connectivity index (χ3v) is 3.69. The Balaban J connectivity index is 2.05. The Hall–Kier alpha value is -1.52. The zero-order valence-corrected chi connectivity index (χ0v) is 13.5. The van der Waals surface area contributed by atoms with E-state index >= 15 is 0 Å². The molecule has 1 heterocycles. The first-order valence-corrected chi connectivity index (χ1v) is 7.60. The van der Waals surface area contributed by atoms with E-state index in [1.807, 2.05) is 12.1 Å². The number of anilines is 3. The Labute approximate surface area is 134 Å². The minimum absolute atomic E-state index is 0.479. The standard InChI is InChI=1S/C15H18Cl2N4/c1-10(2)6-8-18-15-19-9-7-13(21-15)20-12-5-3-4-11(16)14(12)17/h3-5,7,9-10H,6,8H2,1-2H3,(H2,18,19,20,21). The molecule has 1 aromatic heterocycles. The monoisotopic (exact) mass is 324 g/mol. The lowest BCUT2D eigenvalue weighted by Gasteiger charge is -2.10. The zero-order valence-electron chi connectivity index (χ0n) is 12.0. The van der Waals surface area contributed by atoms with Crippen LogP contribution in [0.4, 0.5) is 17.5 Å². The molecule has 0 spiro atoms. The Morgan fingerprint density at radius 1 is 1.19 bits per heavy atom. The first-order valence-electron chi connectivity index (χ1n) is 6.84. The Kier molecular flexibility index (Phi) is 5.65. The summed E-state index contributed by atoms with van der Waals surface area (Å²) in [5.74, 6) is 1.91. The molecular weight excluding hydrogens is 307 g/mol. The number of hydrogen-bond acceptors (Lipinski definition) is 4. The van der Waals surface area contributed by atoms with E-state index in [9.17, 15) is 0 Å². The van der Waals surface area contributed by atoms with Crippen LogP contribution in [0.1, 0.15) is 20.3 Å². The molecular formula is C15H18Cl2N4. The van der Waals surface area contributed by atoms with E-state index in [0.29, 0.717) is 27.7 Å². The van der Waals surface area contributed by atoms with Crippen LogP contribution in [0.25, 0.3) is 0 Å². The molecule has 0 saturated carbocycles. The van der Waals surface area contributed by atoms with E-state index in [4.69, 9.17) is 23.2 Å². The number of aromatic nitrogens is 2. The van der Waals surface area contributed by atoms with Gasteiger partial charge in [-0.2, -0.15) is 4.98 Å². The van der Waals surface area contributed by atoms with Gasteiger partial charge in [0.2, 0.25) is 5.95 Å². The summed E-state index contributed by atoms with van der Waals surface area (Å²) < 4.78 is 0. The molecule has 0 aliphatic carbocycles. The minimum Gasteiger partial charge on any atom is -0.354 e. The summed E-state index contributed by atoms with van der Waals surface area (Å²) in [6.45, 7) is 5.21. The van der Waals surface area contributed by atoms with E-state index in [-0.39, 0.29) is 0 Å². The average molecular weight is 325 g/mol. The van der Waals surface area contributed by atoms with Gasteiger partial charge in [-0.15, -0.1) is 0 Å². The molecule has 0 saturated heterocycles. The van der Waals surface area contributed by atoms with Crippen LogP contribution in [0.3, 0.4) is 0 Å².